The Hall–Kier alpha value is -3.55. The maximum absolute atomic E-state index is 15.9. The SMILES string of the molecule is COc1nc(N(C)C2CC(O)C2)c2ccc(-c3ccc(F)c4sc(N)c(C#N)c34)c(F)c2n1. The summed E-state index contributed by atoms with van der Waals surface area (Å²) in [4.78, 5) is 10.6. The molecular weight excluding hydrogens is 448 g/mol. The van der Waals surface area contributed by atoms with Crippen molar-refractivity contribution in [1.29, 1.82) is 5.26 Å². The second kappa shape index (κ2) is 7.79. The number of rotatable bonds is 4. The number of nitrogens with two attached hydrogens (primary N) is 1. The lowest BCUT2D eigenvalue weighted by Crippen LogP contribution is -2.45. The van der Waals surface area contributed by atoms with Gasteiger partial charge in [0.2, 0.25) is 0 Å². The zero-order valence-corrected chi connectivity index (χ0v) is 18.6. The van der Waals surface area contributed by atoms with E-state index in [2.05, 4.69) is 9.97 Å². The summed E-state index contributed by atoms with van der Waals surface area (Å²) in [5.74, 6) is -0.678. The summed E-state index contributed by atoms with van der Waals surface area (Å²) in [5, 5.41) is 20.2. The van der Waals surface area contributed by atoms with E-state index in [-0.39, 0.29) is 49.9 Å². The van der Waals surface area contributed by atoms with Crippen molar-refractivity contribution in [3.63, 3.8) is 0 Å². The van der Waals surface area contributed by atoms with Crippen LogP contribution in [0.15, 0.2) is 24.3 Å². The van der Waals surface area contributed by atoms with Crippen molar-refractivity contribution < 1.29 is 18.6 Å². The van der Waals surface area contributed by atoms with Crippen LogP contribution in [-0.2, 0) is 0 Å². The minimum Gasteiger partial charge on any atom is -0.467 e. The molecule has 7 nitrogen and oxygen atoms in total. The fourth-order valence-corrected chi connectivity index (χ4v) is 5.22. The molecule has 2 heterocycles. The van der Waals surface area contributed by atoms with E-state index in [0.29, 0.717) is 29.6 Å². The molecule has 33 heavy (non-hydrogen) atoms. The molecular formula is C23H19F2N5O2S. The number of nitrogen functional groups attached to an aromatic ring is 1. The minimum absolute atomic E-state index is 0.00187. The number of hydrogen-bond acceptors (Lipinski definition) is 8. The Balaban J connectivity index is 1.75. The summed E-state index contributed by atoms with van der Waals surface area (Å²) in [6.45, 7) is 0. The van der Waals surface area contributed by atoms with E-state index in [0.717, 1.165) is 11.3 Å². The molecule has 1 saturated carbocycles. The van der Waals surface area contributed by atoms with Crippen LogP contribution in [0.2, 0.25) is 0 Å². The molecule has 2 aromatic heterocycles. The number of hydrogen-bond donors (Lipinski definition) is 2. The second-order valence-corrected chi connectivity index (χ2v) is 9.05. The topological polar surface area (TPSA) is 108 Å². The zero-order valence-electron chi connectivity index (χ0n) is 17.8. The van der Waals surface area contributed by atoms with Gasteiger partial charge >= 0.3 is 6.01 Å². The molecule has 0 radical (unpaired) electrons. The van der Waals surface area contributed by atoms with Crippen LogP contribution in [0.3, 0.4) is 0 Å². The van der Waals surface area contributed by atoms with E-state index in [1.165, 1.54) is 19.2 Å². The van der Waals surface area contributed by atoms with Crippen molar-refractivity contribution >= 4 is 43.1 Å². The van der Waals surface area contributed by atoms with Crippen molar-refractivity contribution in [3.8, 4) is 23.2 Å². The molecule has 5 rings (SSSR count). The lowest BCUT2D eigenvalue weighted by Gasteiger charge is -2.39. The highest BCUT2D eigenvalue weighted by atomic mass is 32.1. The second-order valence-electron chi connectivity index (χ2n) is 8.00. The van der Waals surface area contributed by atoms with Gasteiger partial charge in [0.25, 0.3) is 0 Å². The molecule has 168 valence electrons. The normalized spacial score (nSPS) is 17.7. The van der Waals surface area contributed by atoms with Gasteiger partial charge < -0.3 is 20.5 Å². The van der Waals surface area contributed by atoms with Crippen LogP contribution in [0.25, 0.3) is 32.1 Å². The number of halogens is 2. The van der Waals surface area contributed by atoms with Crippen molar-refractivity contribution in [2.24, 2.45) is 0 Å². The monoisotopic (exact) mass is 467 g/mol. The number of aliphatic hydroxyl groups is 1. The predicted octanol–water partition coefficient (Wildman–Crippen LogP) is 4.21. The maximum atomic E-state index is 15.9. The highest BCUT2D eigenvalue weighted by Gasteiger charge is 2.32. The van der Waals surface area contributed by atoms with Crippen molar-refractivity contribution in [2.45, 2.75) is 25.0 Å². The number of nitriles is 1. The average molecular weight is 468 g/mol. The third-order valence-corrected chi connectivity index (χ3v) is 7.17. The molecule has 3 N–H and O–H groups in total. The van der Waals surface area contributed by atoms with Gasteiger partial charge in [0.15, 0.2) is 5.82 Å². The molecule has 0 saturated heterocycles. The van der Waals surface area contributed by atoms with Crippen molar-refractivity contribution in [1.82, 2.24) is 9.97 Å². The van der Waals surface area contributed by atoms with E-state index < -0.39 is 11.6 Å². The molecule has 0 aliphatic heterocycles. The van der Waals surface area contributed by atoms with Gasteiger partial charge in [-0.05, 0) is 30.5 Å². The lowest BCUT2D eigenvalue weighted by atomic mass is 9.88. The molecule has 0 atom stereocenters. The van der Waals surface area contributed by atoms with Crippen LogP contribution in [-0.4, -0.2) is 41.4 Å². The Morgan fingerprint density at radius 3 is 2.61 bits per heavy atom. The summed E-state index contributed by atoms with van der Waals surface area (Å²) >= 11 is 0.958. The van der Waals surface area contributed by atoms with Gasteiger partial charge in [-0.2, -0.15) is 15.2 Å². The van der Waals surface area contributed by atoms with Crippen LogP contribution in [0, 0.1) is 23.0 Å². The van der Waals surface area contributed by atoms with Gasteiger partial charge in [0, 0.05) is 29.4 Å². The van der Waals surface area contributed by atoms with E-state index in [4.69, 9.17) is 10.5 Å². The molecule has 1 aliphatic rings. The third kappa shape index (κ3) is 3.23. The first-order valence-electron chi connectivity index (χ1n) is 10.2. The number of benzene rings is 2. The Morgan fingerprint density at radius 2 is 1.94 bits per heavy atom. The van der Waals surface area contributed by atoms with E-state index in [1.54, 1.807) is 12.1 Å². The Bertz CT molecular complexity index is 1460. The smallest absolute Gasteiger partial charge is 0.318 e. The zero-order chi connectivity index (χ0) is 23.4. The van der Waals surface area contributed by atoms with Crippen LogP contribution < -0.4 is 15.4 Å². The number of thiophene rings is 1. The predicted molar refractivity (Wildman–Crippen MR) is 123 cm³/mol. The summed E-state index contributed by atoms with van der Waals surface area (Å²) in [6.07, 6.45) is 0.827. The molecule has 10 heteroatoms. The summed E-state index contributed by atoms with van der Waals surface area (Å²) in [5.41, 5.74) is 6.61. The molecule has 1 aliphatic carbocycles. The first-order valence-corrected chi connectivity index (χ1v) is 11.0. The van der Waals surface area contributed by atoms with Crippen molar-refractivity contribution in [2.75, 3.05) is 24.8 Å². The first kappa shape index (κ1) is 21.3. The standard InChI is InChI=1S/C23H19F2N5O2S/c1-30(10-7-11(31)8-10)22-14-4-3-13(18(25)19(14)28-23(29-22)32-2)12-5-6-16(24)20-17(12)15(9-26)21(27)33-20/h3-6,10-11,31H,7-8,27H2,1-2H3. The fraction of sp³-hybridized carbons (Fsp3) is 0.261. The van der Waals surface area contributed by atoms with Gasteiger partial charge in [-0.15, -0.1) is 11.3 Å². The first-order chi connectivity index (χ1) is 15.8. The van der Waals surface area contributed by atoms with E-state index in [1.807, 2.05) is 18.0 Å². The highest BCUT2D eigenvalue weighted by molar-refractivity contribution is 7.23. The van der Waals surface area contributed by atoms with Gasteiger partial charge in [-0.3, -0.25) is 0 Å². The highest BCUT2D eigenvalue weighted by Crippen LogP contribution is 2.43. The van der Waals surface area contributed by atoms with Gasteiger partial charge in [0.1, 0.15) is 28.2 Å². The van der Waals surface area contributed by atoms with Crippen LogP contribution in [0.1, 0.15) is 18.4 Å². The van der Waals surface area contributed by atoms with Gasteiger partial charge in [0.05, 0.1) is 23.5 Å². The number of fused-ring (bicyclic) bond motifs is 2. The van der Waals surface area contributed by atoms with E-state index >= 15 is 4.39 Å². The molecule has 0 amide bonds. The Kier molecular flexibility index (Phi) is 5.03. The molecule has 1 fully saturated rings. The van der Waals surface area contributed by atoms with Crippen LogP contribution in [0.5, 0.6) is 6.01 Å². The number of aliphatic hydroxyl groups excluding tert-OH is 1. The molecule has 0 unspecified atom stereocenters. The minimum atomic E-state index is -0.641. The molecule has 2 aromatic carbocycles. The summed E-state index contributed by atoms with van der Waals surface area (Å²) < 4.78 is 35.8. The Labute approximate surface area is 191 Å². The van der Waals surface area contributed by atoms with Crippen molar-refractivity contribution in [3.05, 3.63) is 41.5 Å². The number of methoxy groups -OCH3 is 1. The molecule has 0 bridgehead atoms. The number of aromatic nitrogens is 2. The lowest BCUT2D eigenvalue weighted by molar-refractivity contribution is 0.0749. The Morgan fingerprint density at radius 1 is 1.21 bits per heavy atom. The third-order valence-electron chi connectivity index (χ3n) is 6.14. The van der Waals surface area contributed by atoms with Gasteiger partial charge in [-0.1, -0.05) is 12.1 Å². The fourth-order valence-electron chi connectivity index (χ4n) is 4.27. The molecule has 0 spiro atoms. The number of anilines is 2. The van der Waals surface area contributed by atoms with Crippen LogP contribution >= 0.6 is 11.3 Å². The van der Waals surface area contributed by atoms with Crippen LogP contribution in [0.4, 0.5) is 19.6 Å². The van der Waals surface area contributed by atoms with E-state index in [9.17, 15) is 14.8 Å². The average Bonchev–Trinajstić information content (AvgIpc) is 3.14. The quantitative estimate of drug-likeness (QED) is 0.463. The summed E-state index contributed by atoms with van der Waals surface area (Å²) in [6, 6.07) is 8.02. The molecule has 4 aromatic rings. The summed E-state index contributed by atoms with van der Waals surface area (Å²) in [7, 11) is 3.23. The number of ether oxygens (including phenoxy) is 1. The largest absolute Gasteiger partial charge is 0.467 e. The number of nitrogens with zero attached hydrogens (tertiary/aromatic N) is 4. The van der Waals surface area contributed by atoms with Gasteiger partial charge in [-0.25, -0.2) is 8.78 Å². The maximum Gasteiger partial charge on any atom is 0.318 e.